The second-order valence-electron chi connectivity index (χ2n) is 6.88. The second-order valence-corrected chi connectivity index (χ2v) is 7.76. The molecule has 6 nitrogen and oxygen atoms in total. The highest BCUT2D eigenvalue weighted by Crippen LogP contribution is 2.24. The van der Waals surface area contributed by atoms with Crippen LogP contribution in [-0.2, 0) is 6.54 Å². The number of hydrogen-bond donors (Lipinski definition) is 0. The van der Waals surface area contributed by atoms with Crippen LogP contribution in [0.5, 0.6) is 0 Å². The molecule has 0 aliphatic rings. The van der Waals surface area contributed by atoms with Gasteiger partial charge in [0.25, 0.3) is 5.56 Å². The van der Waals surface area contributed by atoms with Crippen molar-refractivity contribution >= 4 is 34.2 Å². The number of halogens is 2. The van der Waals surface area contributed by atoms with E-state index in [-0.39, 0.29) is 12.1 Å². The Balaban J connectivity index is 1.61. The maximum atomic E-state index is 13.4. The third-order valence-electron chi connectivity index (χ3n) is 4.83. The summed E-state index contributed by atoms with van der Waals surface area (Å²) in [7, 11) is 0. The van der Waals surface area contributed by atoms with Crippen LogP contribution in [0.25, 0.3) is 33.6 Å². The molecular weight excluding hydrogens is 435 g/mol. The van der Waals surface area contributed by atoms with Crippen LogP contribution in [0.3, 0.4) is 0 Å². The molecule has 8 heteroatoms. The minimum absolute atomic E-state index is 0.0847. The molecule has 0 amide bonds. The number of rotatable bonds is 4. The largest absolute Gasteiger partial charge is 0.419 e. The van der Waals surface area contributed by atoms with Crippen molar-refractivity contribution in [2.24, 2.45) is 0 Å². The zero-order chi connectivity index (χ0) is 21.4. The van der Waals surface area contributed by atoms with E-state index in [2.05, 4.69) is 15.2 Å². The quantitative estimate of drug-likeness (QED) is 0.364. The fraction of sp³-hybridized carbons (Fsp3) is 0.0435. The van der Waals surface area contributed by atoms with Gasteiger partial charge in [-0.2, -0.15) is 0 Å². The van der Waals surface area contributed by atoms with Gasteiger partial charge < -0.3 is 4.42 Å². The van der Waals surface area contributed by atoms with Gasteiger partial charge in [-0.25, -0.2) is 4.98 Å². The fourth-order valence-electron chi connectivity index (χ4n) is 3.38. The molecule has 0 aliphatic heterocycles. The van der Waals surface area contributed by atoms with Crippen molar-refractivity contribution in [2.75, 3.05) is 0 Å². The van der Waals surface area contributed by atoms with Crippen molar-refractivity contribution in [1.29, 1.82) is 0 Å². The Morgan fingerprint density at radius 2 is 1.71 bits per heavy atom. The summed E-state index contributed by atoms with van der Waals surface area (Å²) in [5, 5.41) is 10.2. The Hall–Kier alpha value is -3.48. The molecule has 3 heterocycles. The highest BCUT2D eigenvalue weighted by Gasteiger charge is 2.16. The fourth-order valence-corrected chi connectivity index (χ4v) is 3.69. The predicted octanol–water partition coefficient (Wildman–Crippen LogP) is 5.47. The summed E-state index contributed by atoms with van der Waals surface area (Å²) in [4.78, 5) is 17.8. The van der Waals surface area contributed by atoms with Gasteiger partial charge in [0.2, 0.25) is 11.8 Å². The Labute approximate surface area is 186 Å². The minimum atomic E-state index is -0.222. The van der Waals surface area contributed by atoms with E-state index >= 15 is 0 Å². The molecule has 3 aromatic heterocycles. The maximum Gasteiger partial charge on any atom is 0.260 e. The van der Waals surface area contributed by atoms with E-state index in [4.69, 9.17) is 27.6 Å². The summed E-state index contributed by atoms with van der Waals surface area (Å²) < 4.78 is 7.34. The predicted molar refractivity (Wildman–Crippen MR) is 120 cm³/mol. The highest BCUT2D eigenvalue weighted by molar-refractivity contribution is 6.31. The van der Waals surface area contributed by atoms with E-state index in [0.29, 0.717) is 33.0 Å². The average Bonchev–Trinajstić information content (AvgIpc) is 3.24. The molecule has 31 heavy (non-hydrogen) atoms. The van der Waals surface area contributed by atoms with Gasteiger partial charge in [0.05, 0.1) is 0 Å². The summed E-state index contributed by atoms with van der Waals surface area (Å²) in [5.41, 5.74) is 2.29. The molecule has 0 bridgehead atoms. The highest BCUT2D eigenvalue weighted by atomic mass is 35.5. The first-order valence-corrected chi connectivity index (χ1v) is 10.2. The lowest BCUT2D eigenvalue weighted by molar-refractivity contribution is 0.488. The van der Waals surface area contributed by atoms with E-state index in [9.17, 15) is 4.79 Å². The molecule has 0 saturated carbocycles. The van der Waals surface area contributed by atoms with Gasteiger partial charge in [-0.05, 0) is 60.2 Å². The molecule has 0 unspecified atom stereocenters. The van der Waals surface area contributed by atoms with Crippen molar-refractivity contribution < 1.29 is 4.42 Å². The van der Waals surface area contributed by atoms with Crippen molar-refractivity contribution in [3.8, 4) is 22.6 Å². The van der Waals surface area contributed by atoms with E-state index in [1.807, 2.05) is 30.3 Å². The van der Waals surface area contributed by atoms with Crippen LogP contribution >= 0.6 is 23.2 Å². The summed E-state index contributed by atoms with van der Waals surface area (Å²) >= 11 is 12.1. The Kier molecular flexibility index (Phi) is 5.02. The minimum Gasteiger partial charge on any atom is -0.419 e. The first-order valence-electron chi connectivity index (χ1n) is 9.41. The topological polar surface area (TPSA) is 73.8 Å². The van der Waals surface area contributed by atoms with Gasteiger partial charge in [-0.3, -0.25) is 9.36 Å². The molecule has 152 valence electrons. The van der Waals surface area contributed by atoms with Gasteiger partial charge in [0, 0.05) is 32.8 Å². The number of fused-ring (bicyclic) bond motifs is 1. The number of pyridine rings is 2. The lowest BCUT2D eigenvalue weighted by atomic mass is 10.1. The summed E-state index contributed by atoms with van der Waals surface area (Å²) in [6.07, 6.45) is 1.64. The molecule has 5 rings (SSSR count). The number of nitrogens with zero attached hydrogens (tertiary/aromatic N) is 4. The smallest absolute Gasteiger partial charge is 0.260 e. The molecule has 0 spiro atoms. The van der Waals surface area contributed by atoms with E-state index in [0.717, 1.165) is 16.5 Å². The van der Waals surface area contributed by atoms with Crippen LogP contribution in [0.4, 0.5) is 0 Å². The first-order chi connectivity index (χ1) is 15.1. The lowest BCUT2D eigenvalue weighted by Gasteiger charge is -2.11. The summed E-state index contributed by atoms with van der Waals surface area (Å²) in [5.74, 6) is 0.644. The standard InChI is InChI=1S/C23H14Cl2N4O2/c24-17-8-6-14(7-9-17)22-28-27-20(31-22)13-29-21-16(4-2-10-26-21)12-19(23(29)30)15-3-1-5-18(25)11-15/h1-12H,13H2. The molecule has 0 aliphatic carbocycles. The molecule has 0 fully saturated rings. The lowest BCUT2D eigenvalue weighted by Crippen LogP contribution is -2.23. The Morgan fingerprint density at radius 3 is 2.52 bits per heavy atom. The monoisotopic (exact) mass is 448 g/mol. The van der Waals surface area contributed by atoms with E-state index < -0.39 is 0 Å². The number of benzene rings is 2. The van der Waals surface area contributed by atoms with Crippen LogP contribution in [-0.4, -0.2) is 19.7 Å². The molecular formula is C23H14Cl2N4O2. The van der Waals surface area contributed by atoms with Crippen LogP contribution in [0, 0.1) is 0 Å². The van der Waals surface area contributed by atoms with Gasteiger partial charge >= 0.3 is 0 Å². The molecule has 0 N–H and O–H groups in total. The van der Waals surface area contributed by atoms with E-state index in [1.54, 1.807) is 42.6 Å². The SMILES string of the molecule is O=c1c(-c2cccc(Cl)c2)cc2cccnc2n1Cc1nnc(-c2ccc(Cl)cc2)o1. The maximum absolute atomic E-state index is 13.4. The summed E-state index contributed by atoms with van der Waals surface area (Å²) in [6, 6.07) is 19.8. The van der Waals surface area contributed by atoms with Gasteiger partial charge in [-0.15, -0.1) is 10.2 Å². The molecule has 0 atom stereocenters. The van der Waals surface area contributed by atoms with E-state index in [1.165, 1.54) is 4.57 Å². The second kappa shape index (κ2) is 7.98. The van der Waals surface area contributed by atoms with Gasteiger partial charge in [0.15, 0.2) is 0 Å². The number of hydrogen-bond acceptors (Lipinski definition) is 5. The van der Waals surface area contributed by atoms with Gasteiger partial charge in [0.1, 0.15) is 12.2 Å². The molecule has 0 radical (unpaired) electrons. The van der Waals surface area contributed by atoms with Crippen molar-refractivity contribution in [3.05, 3.63) is 99.2 Å². The van der Waals surface area contributed by atoms with Crippen molar-refractivity contribution in [3.63, 3.8) is 0 Å². The zero-order valence-corrected chi connectivity index (χ0v) is 17.5. The molecule has 2 aromatic carbocycles. The van der Waals surface area contributed by atoms with Crippen LogP contribution < -0.4 is 5.56 Å². The Morgan fingerprint density at radius 1 is 0.871 bits per heavy atom. The zero-order valence-electron chi connectivity index (χ0n) is 16.0. The normalized spacial score (nSPS) is 11.2. The van der Waals surface area contributed by atoms with Crippen molar-refractivity contribution in [2.45, 2.75) is 6.54 Å². The third kappa shape index (κ3) is 3.83. The third-order valence-corrected chi connectivity index (χ3v) is 5.32. The van der Waals surface area contributed by atoms with Crippen LogP contribution in [0.2, 0.25) is 10.0 Å². The van der Waals surface area contributed by atoms with Crippen molar-refractivity contribution in [1.82, 2.24) is 19.7 Å². The summed E-state index contributed by atoms with van der Waals surface area (Å²) in [6.45, 7) is 0.0847. The average molecular weight is 449 g/mol. The van der Waals surface area contributed by atoms with Gasteiger partial charge in [-0.1, -0.05) is 35.3 Å². The van der Waals surface area contributed by atoms with Crippen LogP contribution in [0.1, 0.15) is 5.89 Å². The number of aromatic nitrogens is 4. The molecule has 0 saturated heterocycles. The molecule has 5 aromatic rings. The van der Waals surface area contributed by atoms with Crippen LogP contribution in [0.15, 0.2) is 82.1 Å². The first kappa shape index (κ1) is 19.5. The Bertz CT molecular complexity index is 1460.